The second kappa shape index (κ2) is 11.5. The number of anilines is 1. The summed E-state index contributed by atoms with van der Waals surface area (Å²) in [5, 5.41) is 4.94. The van der Waals surface area contributed by atoms with E-state index in [2.05, 4.69) is 33.1 Å². The molecule has 1 aliphatic rings. The van der Waals surface area contributed by atoms with Crippen LogP contribution in [0.15, 0.2) is 53.3 Å². The number of benzene rings is 2. The van der Waals surface area contributed by atoms with Gasteiger partial charge in [-0.3, -0.25) is 9.69 Å². The topological polar surface area (TPSA) is 69.8 Å². The minimum absolute atomic E-state index is 0.0865. The molecule has 0 radical (unpaired) electrons. The van der Waals surface area contributed by atoms with Gasteiger partial charge in [-0.2, -0.15) is 0 Å². The Morgan fingerprint density at radius 1 is 1.18 bits per heavy atom. The largest absolute Gasteiger partial charge is 0.494 e. The van der Waals surface area contributed by atoms with Crippen molar-refractivity contribution in [2.45, 2.75) is 20.4 Å². The number of aryl methyl sites for hydroxylation is 1. The predicted octanol–water partition coefficient (Wildman–Crippen LogP) is 3.77. The van der Waals surface area contributed by atoms with Gasteiger partial charge in [-0.1, -0.05) is 11.6 Å². The number of morpholine rings is 1. The van der Waals surface area contributed by atoms with Crippen molar-refractivity contribution < 1.29 is 9.47 Å². The molecule has 4 rings (SSSR count). The quantitative estimate of drug-likeness (QED) is 0.476. The number of hydrogen-bond donors (Lipinski definition) is 2. The number of aromatic nitrogens is 1. The van der Waals surface area contributed by atoms with Crippen LogP contribution in [0.25, 0.3) is 10.9 Å². The molecule has 1 saturated heterocycles. The Balaban J connectivity index is 1.53. The molecule has 0 amide bonds. The molecule has 7 nitrogen and oxygen atoms in total. The summed E-state index contributed by atoms with van der Waals surface area (Å²) in [5.41, 5.74) is 3.48. The molecule has 0 atom stereocenters. The molecule has 34 heavy (non-hydrogen) atoms. The fourth-order valence-electron chi connectivity index (χ4n) is 4.04. The lowest BCUT2D eigenvalue weighted by Gasteiger charge is -2.31. The van der Waals surface area contributed by atoms with Gasteiger partial charge in [0, 0.05) is 42.9 Å². The number of thiocarbonyl (C=S) groups is 1. The zero-order chi connectivity index (χ0) is 23.9. The highest BCUT2D eigenvalue weighted by Gasteiger charge is 2.17. The van der Waals surface area contributed by atoms with E-state index in [1.165, 1.54) is 0 Å². The lowest BCUT2D eigenvalue weighted by Crippen LogP contribution is -2.44. The second-order valence-corrected chi connectivity index (χ2v) is 8.86. The van der Waals surface area contributed by atoms with Gasteiger partial charge in [0.2, 0.25) is 0 Å². The maximum atomic E-state index is 12.9. The summed E-state index contributed by atoms with van der Waals surface area (Å²) in [6.45, 7) is 9.92. The van der Waals surface area contributed by atoms with Crippen LogP contribution in [0.1, 0.15) is 18.1 Å². The Labute approximate surface area is 205 Å². The number of pyridine rings is 1. The number of H-pyrrole nitrogens is 1. The molecule has 0 bridgehead atoms. The van der Waals surface area contributed by atoms with E-state index in [-0.39, 0.29) is 5.56 Å². The molecule has 2 heterocycles. The standard InChI is InChI=1S/C26H32N4O3S/c1-3-33-23-7-5-22(6-8-23)27-26(34)30(11-10-29-12-14-32-15-13-29)18-21-17-20-16-19(2)4-9-24(20)28-25(21)31/h4-9,16-17H,3,10-15,18H2,1-2H3,(H,27,34)(H,28,31). The van der Waals surface area contributed by atoms with Gasteiger partial charge >= 0.3 is 0 Å². The second-order valence-electron chi connectivity index (χ2n) is 8.48. The van der Waals surface area contributed by atoms with Crippen molar-refractivity contribution in [2.75, 3.05) is 51.3 Å². The average Bonchev–Trinajstić information content (AvgIpc) is 2.84. The number of nitrogens with zero attached hydrogens (tertiary/aromatic N) is 2. The van der Waals surface area contributed by atoms with E-state index in [0.717, 1.165) is 60.8 Å². The van der Waals surface area contributed by atoms with Gasteiger partial charge in [0.15, 0.2) is 5.11 Å². The smallest absolute Gasteiger partial charge is 0.253 e. The van der Waals surface area contributed by atoms with Crippen molar-refractivity contribution in [1.29, 1.82) is 0 Å². The lowest BCUT2D eigenvalue weighted by molar-refractivity contribution is 0.0358. The van der Waals surface area contributed by atoms with Crippen LogP contribution in [0.2, 0.25) is 0 Å². The molecular weight excluding hydrogens is 448 g/mol. The van der Waals surface area contributed by atoms with Crippen LogP contribution in [0.5, 0.6) is 5.75 Å². The van der Waals surface area contributed by atoms with Gasteiger partial charge in [0.25, 0.3) is 5.56 Å². The molecule has 2 N–H and O–H groups in total. The van der Waals surface area contributed by atoms with Gasteiger partial charge in [0.1, 0.15) is 5.75 Å². The summed E-state index contributed by atoms with van der Waals surface area (Å²) < 4.78 is 11.0. The molecule has 0 unspecified atom stereocenters. The summed E-state index contributed by atoms with van der Waals surface area (Å²) in [5.74, 6) is 0.820. The summed E-state index contributed by atoms with van der Waals surface area (Å²) >= 11 is 5.80. The van der Waals surface area contributed by atoms with E-state index >= 15 is 0 Å². The lowest BCUT2D eigenvalue weighted by atomic mass is 10.1. The normalized spacial score (nSPS) is 14.2. The third-order valence-electron chi connectivity index (χ3n) is 5.93. The van der Waals surface area contributed by atoms with Crippen molar-refractivity contribution >= 4 is 33.9 Å². The number of nitrogens with one attached hydrogen (secondary N) is 2. The van der Waals surface area contributed by atoms with Crippen molar-refractivity contribution in [3.05, 3.63) is 70.0 Å². The van der Waals surface area contributed by atoms with Gasteiger partial charge in [-0.05, 0) is 73.9 Å². The van der Waals surface area contributed by atoms with Crippen LogP contribution in [0.4, 0.5) is 5.69 Å². The van der Waals surface area contributed by atoms with Crippen LogP contribution in [0, 0.1) is 6.92 Å². The first-order chi connectivity index (χ1) is 16.5. The summed E-state index contributed by atoms with van der Waals surface area (Å²) in [4.78, 5) is 20.3. The first-order valence-electron chi connectivity index (χ1n) is 11.7. The van der Waals surface area contributed by atoms with Crippen molar-refractivity contribution in [3.63, 3.8) is 0 Å². The van der Waals surface area contributed by atoms with Crippen LogP contribution >= 0.6 is 12.2 Å². The number of aromatic amines is 1. The maximum absolute atomic E-state index is 12.9. The molecule has 180 valence electrons. The fourth-order valence-corrected chi connectivity index (χ4v) is 4.31. The zero-order valence-corrected chi connectivity index (χ0v) is 20.6. The third kappa shape index (κ3) is 6.34. The van der Waals surface area contributed by atoms with Crippen LogP contribution < -0.4 is 15.6 Å². The summed E-state index contributed by atoms with van der Waals surface area (Å²) in [7, 11) is 0. The summed E-state index contributed by atoms with van der Waals surface area (Å²) in [6.07, 6.45) is 0. The highest BCUT2D eigenvalue weighted by molar-refractivity contribution is 7.80. The minimum Gasteiger partial charge on any atom is -0.494 e. The van der Waals surface area contributed by atoms with Gasteiger partial charge in [-0.15, -0.1) is 0 Å². The Bertz CT molecular complexity index is 1170. The predicted molar refractivity (Wildman–Crippen MR) is 141 cm³/mol. The van der Waals surface area contributed by atoms with Gasteiger partial charge in [0.05, 0.1) is 26.4 Å². The Kier molecular flexibility index (Phi) is 8.16. The van der Waals surface area contributed by atoms with Gasteiger partial charge in [-0.25, -0.2) is 0 Å². The first-order valence-corrected chi connectivity index (χ1v) is 12.1. The molecule has 1 aliphatic heterocycles. The Hall–Kier alpha value is -2.94. The highest BCUT2D eigenvalue weighted by Crippen LogP contribution is 2.18. The number of fused-ring (bicyclic) bond motifs is 1. The van der Waals surface area contributed by atoms with Crippen molar-refractivity contribution in [1.82, 2.24) is 14.8 Å². The molecule has 3 aromatic rings. The Morgan fingerprint density at radius 3 is 2.68 bits per heavy atom. The van der Waals surface area contributed by atoms with Crippen molar-refractivity contribution in [2.24, 2.45) is 0 Å². The number of hydrogen-bond acceptors (Lipinski definition) is 5. The third-order valence-corrected chi connectivity index (χ3v) is 6.29. The van der Waals surface area contributed by atoms with E-state index in [0.29, 0.717) is 30.4 Å². The van der Waals surface area contributed by atoms with E-state index in [9.17, 15) is 4.79 Å². The Morgan fingerprint density at radius 2 is 1.94 bits per heavy atom. The van der Waals surface area contributed by atoms with Crippen LogP contribution in [-0.2, 0) is 11.3 Å². The molecular formula is C26H32N4O3S. The highest BCUT2D eigenvalue weighted by atomic mass is 32.1. The molecule has 1 aromatic heterocycles. The van der Waals surface area contributed by atoms with Crippen LogP contribution in [0.3, 0.4) is 0 Å². The number of ether oxygens (including phenoxy) is 2. The number of rotatable bonds is 8. The average molecular weight is 481 g/mol. The van der Waals surface area contributed by atoms with E-state index in [1.54, 1.807) is 0 Å². The molecule has 8 heteroatoms. The van der Waals surface area contributed by atoms with Gasteiger partial charge < -0.3 is 24.7 Å². The van der Waals surface area contributed by atoms with E-state index in [4.69, 9.17) is 21.7 Å². The molecule has 0 saturated carbocycles. The van der Waals surface area contributed by atoms with Crippen molar-refractivity contribution in [3.8, 4) is 5.75 Å². The monoisotopic (exact) mass is 480 g/mol. The zero-order valence-electron chi connectivity index (χ0n) is 19.8. The SMILES string of the molecule is CCOc1ccc(NC(=S)N(CCN2CCOCC2)Cc2cc3cc(C)ccc3[nH]c2=O)cc1. The molecule has 0 aliphatic carbocycles. The fraction of sp³-hybridized carbons (Fsp3) is 0.385. The summed E-state index contributed by atoms with van der Waals surface area (Å²) in [6, 6.07) is 15.7. The van der Waals surface area contributed by atoms with E-state index < -0.39 is 0 Å². The molecule has 2 aromatic carbocycles. The van der Waals surface area contributed by atoms with Crippen LogP contribution in [-0.4, -0.2) is 65.9 Å². The first kappa shape index (κ1) is 24.2. The minimum atomic E-state index is -0.0865. The van der Waals surface area contributed by atoms with E-state index in [1.807, 2.05) is 49.4 Å². The molecule has 0 spiro atoms. The molecule has 1 fully saturated rings. The maximum Gasteiger partial charge on any atom is 0.253 e.